The molecule has 3 heterocycles. The van der Waals surface area contributed by atoms with Gasteiger partial charge in [0.15, 0.2) is 0 Å². The molecule has 282 valence electrons. The number of para-hydroxylation sites is 4. The van der Waals surface area contributed by atoms with E-state index in [4.69, 9.17) is 8.75 Å². The molecule has 9 aromatic carbocycles. The summed E-state index contributed by atoms with van der Waals surface area (Å²) in [4.78, 5) is 2.31. The van der Waals surface area contributed by atoms with Crippen molar-refractivity contribution in [2.75, 3.05) is 4.90 Å². The van der Waals surface area contributed by atoms with Gasteiger partial charge in [0.05, 0.1) is 39.5 Å². The maximum absolute atomic E-state index is 4.98. The SMILES string of the molecule is c1ccc(-c2ccc(N(c3ccc(-n4c5ccccc5c5ccccc54)cc3)c3ccc(-c4ccc(-n5c6ccccc6c6ccccc65)cc4)c4nsnc34)cc2)cc1. The lowest BCUT2D eigenvalue weighted by Crippen LogP contribution is -2.11. The summed E-state index contributed by atoms with van der Waals surface area (Å²) in [5.74, 6) is 0. The molecular weight excluding hydrogens is 751 g/mol. The Morgan fingerprint density at radius 2 is 0.733 bits per heavy atom. The van der Waals surface area contributed by atoms with Crippen LogP contribution >= 0.6 is 11.7 Å². The standard InChI is InChI=1S/C54H35N5S/c1-2-12-36(13-3-1)37-22-26-39(27-23-37)57(40-30-32-42(33-31-40)59-50-20-10-6-16-46(50)47-17-7-11-21-51(47)59)52-35-34-43(53-54(52)56-60-55-53)38-24-28-41(29-25-38)58-48-18-8-4-14-44(48)45-15-5-9-19-49(45)58/h1-35H. The Balaban J connectivity index is 0.967. The minimum absolute atomic E-state index is 0.864. The number of benzene rings is 9. The van der Waals surface area contributed by atoms with Gasteiger partial charge in [-0.2, -0.15) is 8.75 Å². The van der Waals surface area contributed by atoms with Crippen molar-refractivity contribution in [2.45, 2.75) is 0 Å². The molecule has 0 radical (unpaired) electrons. The van der Waals surface area contributed by atoms with Crippen molar-refractivity contribution in [2.24, 2.45) is 0 Å². The first kappa shape index (κ1) is 34.3. The predicted octanol–water partition coefficient (Wildman–Crippen LogP) is 14.7. The fourth-order valence-electron chi connectivity index (χ4n) is 9.07. The van der Waals surface area contributed by atoms with Crippen LogP contribution in [0.2, 0.25) is 0 Å². The van der Waals surface area contributed by atoms with Gasteiger partial charge in [0, 0.05) is 49.9 Å². The molecule has 0 saturated carbocycles. The smallest absolute Gasteiger partial charge is 0.129 e. The number of aromatic nitrogens is 4. The van der Waals surface area contributed by atoms with Crippen LogP contribution in [0.5, 0.6) is 0 Å². The molecule has 0 N–H and O–H groups in total. The van der Waals surface area contributed by atoms with E-state index in [1.54, 1.807) is 0 Å². The van der Waals surface area contributed by atoms with Crippen molar-refractivity contribution in [3.05, 3.63) is 212 Å². The summed E-state index contributed by atoms with van der Waals surface area (Å²) in [6, 6.07) is 76.0. The molecule has 0 aliphatic rings. The monoisotopic (exact) mass is 785 g/mol. The van der Waals surface area contributed by atoms with Gasteiger partial charge in [-0.1, -0.05) is 127 Å². The maximum atomic E-state index is 4.98. The molecule has 0 aliphatic carbocycles. The Morgan fingerprint density at radius 3 is 1.25 bits per heavy atom. The average Bonchev–Trinajstić information content (AvgIpc) is 4.04. The Labute approximate surface area is 350 Å². The molecule has 0 saturated heterocycles. The Kier molecular flexibility index (Phi) is 7.96. The van der Waals surface area contributed by atoms with Gasteiger partial charge in [0.2, 0.25) is 0 Å². The zero-order valence-electron chi connectivity index (χ0n) is 32.4. The summed E-state index contributed by atoms with van der Waals surface area (Å²) >= 11 is 1.26. The molecule has 0 bridgehead atoms. The highest BCUT2D eigenvalue weighted by Gasteiger charge is 2.21. The van der Waals surface area contributed by atoms with E-state index in [0.29, 0.717) is 0 Å². The topological polar surface area (TPSA) is 38.9 Å². The molecule has 0 aliphatic heterocycles. The first-order valence-corrected chi connectivity index (χ1v) is 20.9. The van der Waals surface area contributed by atoms with E-state index in [9.17, 15) is 0 Å². The number of fused-ring (bicyclic) bond motifs is 7. The number of anilines is 3. The summed E-state index contributed by atoms with van der Waals surface area (Å²) in [5.41, 5.74) is 16.3. The van der Waals surface area contributed by atoms with Crippen LogP contribution in [-0.2, 0) is 0 Å². The first-order valence-electron chi connectivity index (χ1n) is 20.2. The molecule has 0 amide bonds. The second kappa shape index (κ2) is 13.9. The molecule has 5 nitrogen and oxygen atoms in total. The molecule has 12 rings (SSSR count). The largest absolute Gasteiger partial charge is 0.309 e. The van der Waals surface area contributed by atoms with Gasteiger partial charge in [-0.15, -0.1) is 0 Å². The van der Waals surface area contributed by atoms with Crippen molar-refractivity contribution in [3.63, 3.8) is 0 Å². The molecule has 60 heavy (non-hydrogen) atoms. The van der Waals surface area contributed by atoms with Gasteiger partial charge in [0.25, 0.3) is 0 Å². The average molecular weight is 786 g/mol. The fraction of sp³-hybridized carbons (Fsp3) is 0. The minimum atomic E-state index is 0.864. The van der Waals surface area contributed by atoms with Gasteiger partial charge in [-0.05, 0) is 102 Å². The summed E-state index contributed by atoms with van der Waals surface area (Å²) in [6.07, 6.45) is 0. The Morgan fingerprint density at radius 1 is 0.333 bits per heavy atom. The molecule has 12 aromatic rings. The van der Waals surface area contributed by atoms with Crippen molar-refractivity contribution in [1.29, 1.82) is 0 Å². The Hall–Kier alpha value is -7.80. The fourth-order valence-corrected chi connectivity index (χ4v) is 9.64. The highest BCUT2D eigenvalue weighted by Crippen LogP contribution is 2.43. The lowest BCUT2D eigenvalue weighted by molar-refractivity contribution is 1.17. The van der Waals surface area contributed by atoms with Crippen molar-refractivity contribution < 1.29 is 0 Å². The summed E-state index contributed by atoms with van der Waals surface area (Å²) in [5, 5.41) is 5.00. The van der Waals surface area contributed by atoms with Gasteiger partial charge in [0.1, 0.15) is 11.0 Å². The lowest BCUT2D eigenvalue weighted by atomic mass is 10.0. The van der Waals surface area contributed by atoms with Crippen molar-refractivity contribution >= 4 is 83.4 Å². The van der Waals surface area contributed by atoms with Gasteiger partial charge >= 0.3 is 0 Å². The van der Waals surface area contributed by atoms with Crippen LogP contribution in [0.1, 0.15) is 0 Å². The third-order valence-electron chi connectivity index (χ3n) is 11.8. The van der Waals surface area contributed by atoms with Crippen LogP contribution < -0.4 is 4.90 Å². The van der Waals surface area contributed by atoms with E-state index < -0.39 is 0 Å². The summed E-state index contributed by atoms with van der Waals surface area (Å²) in [6.45, 7) is 0. The van der Waals surface area contributed by atoms with Crippen molar-refractivity contribution in [1.82, 2.24) is 17.9 Å². The second-order valence-electron chi connectivity index (χ2n) is 15.1. The predicted molar refractivity (Wildman–Crippen MR) is 252 cm³/mol. The first-order chi connectivity index (χ1) is 29.8. The van der Waals surface area contributed by atoms with E-state index >= 15 is 0 Å². The van der Waals surface area contributed by atoms with Crippen LogP contribution in [0.4, 0.5) is 17.1 Å². The van der Waals surface area contributed by atoms with E-state index in [0.717, 1.165) is 50.6 Å². The van der Waals surface area contributed by atoms with Crippen LogP contribution in [0.15, 0.2) is 212 Å². The number of hydrogen-bond acceptors (Lipinski definition) is 4. The molecular formula is C54H35N5S. The minimum Gasteiger partial charge on any atom is -0.309 e. The Bertz CT molecular complexity index is 3420. The third kappa shape index (κ3) is 5.46. The molecule has 0 atom stereocenters. The lowest BCUT2D eigenvalue weighted by Gasteiger charge is -2.26. The van der Waals surface area contributed by atoms with Crippen LogP contribution in [-0.4, -0.2) is 17.9 Å². The summed E-state index contributed by atoms with van der Waals surface area (Å²) in [7, 11) is 0. The third-order valence-corrected chi connectivity index (χ3v) is 12.4. The second-order valence-corrected chi connectivity index (χ2v) is 15.7. The zero-order valence-corrected chi connectivity index (χ0v) is 33.2. The van der Waals surface area contributed by atoms with Gasteiger partial charge in [-0.3, -0.25) is 0 Å². The quantitative estimate of drug-likeness (QED) is 0.162. The number of nitrogens with zero attached hydrogens (tertiary/aromatic N) is 5. The normalized spacial score (nSPS) is 11.7. The number of hydrogen-bond donors (Lipinski definition) is 0. The van der Waals surface area contributed by atoms with E-state index in [2.05, 4.69) is 226 Å². The van der Waals surface area contributed by atoms with Crippen LogP contribution in [0, 0.1) is 0 Å². The van der Waals surface area contributed by atoms with Gasteiger partial charge in [-0.25, -0.2) is 0 Å². The summed E-state index contributed by atoms with van der Waals surface area (Å²) < 4.78 is 14.6. The van der Waals surface area contributed by atoms with E-state index in [1.807, 2.05) is 0 Å². The maximum Gasteiger partial charge on any atom is 0.129 e. The molecule has 0 fully saturated rings. The molecule has 0 spiro atoms. The molecule has 0 unspecified atom stereocenters. The molecule has 6 heteroatoms. The highest BCUT2D eigenvalue weighted by molar-refractivity contribution is 7.00. The van der Waals surface area contributed by atoms with E-state index in [-0.39, 0.29) is 0 Å². The van der Waals surface area contributed by atoms with E-state index in [1.165, 1.54) is 66.5 Å². The number of rotatable bonds is 7. The van der Waals surface area contributed by atoms with Gasteiger partial charge < -0.3 is 14.0 Å². The van der Waals surface area contributed by atoms with Crippen LogP contribution in [0.3, 0.4) is 0 Å². The highest BCUT2D eigenvalue weighted by atomic mass is 32.1. The zero-order chi connectivity index (χ0) is 39.6. The molecule has 3 aromatic heterocycles. The van der Waals surface area contributed by atoms with Crippen molar-refractivity contribution in [3.8, 4) is 33.6 Å². The van der Waals surface area contributed by atoms with Crippen LogP contribution in [0.25, 0.3) is 88.3 Å².